The number of piperazine rings is 1. The fraction of sp³-hybridized carbons (Fsp3) is 0.500. The summed E-state index contributed by atoms with van der Waals surface area (Å²) in [7, 11) is 0. The maximum atomic E-state index is 12.5. The number of nitrogens with one attached hydrogen (secondary N) is 1. The number of carbonyl (C=O) groups is 1. The molecule has 1 aliphatic rings. The molecule has 3 heterocycles. The first-order valence-corrected chi connectivity index (χ1v) is 8.13. The lowest BCUT2D eigenvalue weighted by atomic mass is 10.2. The van der Waals surface area contributed by atoms with Crippen LogP contribution in [0.15, 0.2) is 16.8 Å². The Kier molecular flexibility index (Phi) is 4.64. The van der Waals surface area contributed by atoms with Crippen LogP contribution in [0.25, 0.3) is 0 Å². The first-order valence-electron chi connectivity index (χ1n) is 8.13. The third kappa shape index (κ3) is 3.32. The van der Waals surface area contributed by atoms with E-state index in [4.69, 9.17) is 4.52 Å². The van der Waals surface area contributed by atoms with Crippen LogP contribution < -0.4 is 10.2 Å². The first kappa shape index (κ1) is 16.2. The fourth-order valence-corrected chi connectivity index (χ4v) is 2.75. The van der Waals surface area contributed by atoms with Gasteiger partial charge in [0.1, 0.15) is 17.1 Å². The predicted octanol–water partition coefficient (Wildman–Crippen LogP) is 1.48. The molecule has 0 radical (unpaired) electrons. The molecule has 1 aliphatic heterocycles. The zero-order valence-electron chi connectivity index (χ0n) is 14.2. The zero-order valence-corrected chi connectivity index (χ0v) is 14.2. The Morgan fingerprint density at radius 3 is 2.62 bits per heavy atom. The standard InChI is InChI=1S/C16H22N6O2/c1-4-17-14-9-11(2)19-16(20-14)22-7-5-21(6-8-22)15(23)13-10-18-24-12(13)3/h9-10H,4-8H2,1-3H3,(H,17,19,20). The minimum atomic E-state index is -0.0353. The Morgan fingerprint density at radius 1 is 1.25 bits per heavy atom. The van der Waals surface area contributed by atoms with Gasteiger partial charge in [-0.1, -0.05) is 5.16 Å². The minimum absolute atomic E-state index is 0.0353. The van der Waals surface area contributed by atoms with E-state index in [1.807, 2.05) is 24.8 Å². The van der Waals surface area contributed by atoms with Crippen molar-refractivity contribution < 1.29 is 9.32 Å². The van der Waals surface area contributed by atoms with Crippen molar-refractivity contribution in [2.75, 3.05) is 42.9 Å². The molecule has 0 spiro atoms. The van der Waals surface area contributed by atoms with Crippen molar-refractivity contribution in [2.24, 2.45) is 0 Å². The molecular weight excluding hydrogens is 308 g/mol. The van der Waals surface area contributed by atoms with Crippen LogP contribution in [0.1, 0.15) is 28.7 Å². The normalized spacial score (nSPS) is 14.8. The predicted molar refractivity (Wildman–Crippen MR) is 90.3 cm³/mol. The van der Waals surface area contributed by atoms with E-state index in [1.54, 1.807) is 6.92 Å². The molecule has 0 aromatic carbocycles. The molecule has 24 heavy (non-hydrogen) atoms. The number of carbonyl (C=O) groups excluding carboxylic acids is 1. The van der Waals surface area contributed by atoms with Crippen LogP contribution in [0.4, 0.5) is 11.8 Å². The van der Waals surface area contributed by atoms with E-state index in [0.717, 1.165) is 18.1 Å². The molecule has 1 amide bonds. The summed E-state index contributed by atoms with van der Waals surface area (Å²) in [5.74, 6) is 2.06. The van der Waals surface area contributed by atoms with Gasteiger partial charge in [-0.2, -0.15) is 4.98 Å². The highest BCUT2D eigenvalue weighted by molar-refractivity contribution is 5.94. The van der Waals surface area contributed by atoms with Gasteiger partial charge >= 0.3 is 0 Å². The van der Waals surface area contributed by atoms with Crippen LogP contribution in [0.2, 0.25) is 0 Å². The smallest absolute Gasteiger partial charge is 0.259 e. The molecule has 128 valence electrons. The number of amides is 1. The molecule has 3 rings (SSSR count). The molecule has 1 fully saturated rings. The van der Waals surface area contributed by atoms with Crippen molar-refractivity contribution in [1.29, 1.82) is 0 Å². The molecule has 2 aromatic heterocycles. The van der Waals surface area contributed by atoms with Gasteiger partial charge in [0.15, 0.2) is 0 Å². The molecule has 0 unspecified atom stereocenters. The van der Waals surface area contributed by atoms with Gasteiger partial charge < -0.3 is 19.6 Å². The van der Waals surface area contributed by atoms with E-state index < -0.39 is 0 Å². The molecule has 8 heteroatoms. The lowest BCUT2D eigenvalue weighted by molar-refractivity contribution is 0.0744. The Balaban J connectivity index is 1.67. The Bertz CT molecular complexity index is 721. The summed E-state index contributed by atoms with van der Waals surface area (Å²) in [5, 5.41) is 6.90. The topological polar surface area (TPSA) is 87.4 Å². The van der Waals surface area contributed by atoms with Gasteiger partial charge in [-0.05, 0) is 20.8 Å². The Labute approximate surface area is 140 Å². The summed E-state index contributed by atoms with van der Waals surface area (Å²) >= 11 is 0. The molecular formula is C16H22N6O2. The lowest BCUT2D eigenvalue weighted by Crippen LogP contribution is -2.49. The van der Waals surface area contributed by atoms with E-state index in [9.17, 15) is 4.79 Å². The van der Waals surface area contributed by atoms with E-state index in [-0.39, 0.29) is 5.91 Å². The zero-order chi connectivity index (χ0) is 17.1. The van der Waals surface area contributed by atoms with Gasteiger partial charge in [-0.15, -0.1) is 0 Å². The van der Waals surface area contributed by atoms with Crippen LogP contribution in [-0.2, 0) is 0 Å². The number of hydrogen-bond acceptors (Lipinski definition) is 7. The Morgan fingerprint density at radius 2 is 2.00 bits per heavy atom. The first-order chi connectivity index (χ1) is 11.6. The van der Waals surface area contributed by atoms with E-state index in [2.05, 4.69) is 25.3 Å². The van der Waals surface area contributed by atoms with Gasteiger partial charge in [0, 0.05) is 44.5 Å². The quantitative estimate of drug-likeness (QED) is 0.908. The number of aryl methyl sites for hydroxylation is 2. The second-order valence-electron chi connectivity index (χ2n) is 5.80. The number of aromatic nitrogens is 3. The fourth-order valence-electron chi connectivity index (χ4n) is 2.75. The maximum absolute atomic E-state index is 12.5. The average molecular weight is 330 g/mol. The lowest BCUT2D eigenvalue weighted by Gasteiger charge is -2.34. The summed E-state index contributed by atoms with van der Waals surface area (Å²) in [6, 6.07) is 1.93. The van der Waals surface area contributed by atoms with Crippen LogP contribution >= 0.6 is 0 Å². The van der Waals surface area contributed by atoms with Crippen molar-refractivity contribution in [3.8, 4) is 0 Å². The molecule has 0 saturated carbocycles. The molecule has 2 aromatic rings. The van der Waals surface area contributed by atoms with Crippen molar-refractivity contribution >= 4 is 17.7 Å². The largest absolute Gasteiger partial charge is 0.370 e. The highest BCUT2D eigenvalue weighted by Crippen LogP contribution is 2.17. The van der Waals surface area contributed by atoms with Gasteiger partial charge in [0.2, 0.25) is 5.95 Å². The summed E-state index contributed by atoms with van der Waals surface area (Å²) in [6.45, 7) is 9.20. The van der Waals surface area contributed by atoms with Crippen LogP contribution in [-0.4, -0.2) is 58.7 Å². The van der Waals surface area contributed by atoms with Gasteiger partial charge in [0.25, 0.3) is 5.91 Å². The molecule has 1 N–H and O–H groups in total. The van der Waals surface area contributed by atoms with E-state index in [1.165, 1.54) is 6.20 Å². The van der Waals surface area contributed by atoms with Crippen LogP contribution in [0.5, 0.6) is 0 Å². The molecule has 0 atom stereocenters. The van der Waals surface area contributed by atoms with Crippen LogP contribution in [0, 0.1) is 13.8 Å². The summed E-state index contributed by atoms with van der Waals surface area (Å²) < 4.78 is 4.98. The molecule has 1 saturated heterocycles. The number of anilines is 2. The number of rotatable bonds is 4. The van der Waals surface area contributed by atoms with Gasteiger partial charge in [0.05, 0.1) is 6.20 Å². The SMILES string of the molecule is CCNc1cc(C)nc(N2CCN(C(=O)c3cnoc3C)CC2)n1. The number of nitrogens with zero attached hydrogens (tertiary/aromatic N) is 5. The highest BCUT2D eigenvalue weighted by atomic mass is 16.5. The molecule has 8 nitrogen and oxygen atoms in total. The van der Waals surface area contributed by atoms with Gasteiger partial charge in [-0.25, -0.2) is 4.98 Å². The van der Waals surface area contributed by atoms with Crippen molar-refractivity contribution in [1.82, 2.24) is 20.0 Å². The van der Waals surface area contributed by atoms with E-state index in [0.29, 0.717) is 43.5 Å². The highest BCUT2D eigenvalue weighted by Gasteiger charge is 2.26. The monoisotopic (exact) mass is 330 g/mol. The second kappa shape index (κ2) is 6.86. The minimum Gasteiger partial charge on any atom is -0.370 e. The second-order valence-corrected chi connectivity index (χ2v) is 5.80. The molecule has 0 aliphatic carbocycles. The number of hydrogen-bond donors (Lipinski definition) is 1. The van der Waals surface area contributed by atoms with Crippen molar-refractivity contribution in [3.63, 3.8) is 0 Å². The van der Waals surface area contributed by atoms with E-state index >= 15 is 0 Å². The maximum Gasteiger partial charge on any atom is 0.259 e. The van der Waals surface area contributed by atoms with Crippen LogP contribution in [0.3, 0.4) is 0 Å². The third-order valence-electron chi connectivity index (χ3n) is 4.03. The van der Waals surface area contributed by atoms with Crippen molar-refractivity contribution in [3.05, 3.63) is 29.3 Å². The summed E-state index contributed by atoms with van der Waals surface area (Å²) in [6.07, 6.45) is 1.48. The van der Waals surface area contributed by atoms with Gasteiger partial charge in [-0.3, -0.25) is 4.79 Å². The average Bonchev–Trinajstić information content (AvgIpc) is 3.00. The summed E-state index contributed by atoms with van der Waals surface area (Å²) in [5.41, 5.74) is 1.46. The van der Waals surface area contributed by atoms with Crippen molar-refractivity contribution in [2.45, 2.75) is 20.8 Å². The third-order valence-corrected chi connectivity index (χ3v) is 4.03. The summed E-state index contributed by atoms with van der Waals surface area (Å²) in [4.78, 5) is 25.5. The molecule has 0 bridgehead atoms. The Hall–Kier alpha value is -2.64.